The van der Waals surface area contributed by atoms with E-state index in [9.17, 15) is 9.59 Å². The Labute approximate surface area is 141 Å². The summed E-state index contributed by atoms with van der Waals surface area (Å²) in [6.45, 7) is 6.53. The summed E-state index contributed by atoms with van der Waals surface area (Å²) in [6, 6.07) is 4.93. The van der Waals surface area contributed by atoms with Gasteiger partial charge < -0.3 is 10.6 Å². The molecule has 0 saturated heterocycles. The van der Waals surface area contributed by atoms with Gasteiger partial charge in [0.15, 0.2) is 0 Å². The van der Waals surface area contributed by atoms with Crippen LogP contribution in [0.1, 0.15) is 20.8 Å². The minimum Gasteiger partial charge on any atom is -0.353 e. The van der Waals surface area contributed by atoms with Crippen LogP contribution in [0.2, 0.25) is 10.0 Å². The van der Waals surface area contributed by atoms with Crippen LogP contribution in [0.4, 0.5) is 5.69 Å². The number of rotatable bonds is 7. The Morgan fingerprint density at radius 1 is 1.18 bits per heavy atom. The van der Waals surface area contributed by atoms with E-state index in [0.717, 1.165) is 0 Å². The molecular weight excluding hydrogens is 325 g/mol. The van der Waals surface area contributed by atoms with Gasteiger partial charge in [-0.3, -0.25) is 14.5 Å². The van der Waals surface area contributed by atoms with E-state index in [1.807, 2.05) is 20.8 Å². The number of anilines is 1. The summed E-state index contributed by atoms with van der Waals surface area (Å²) in [6.07, 6.45) is 0. The molecule has 0 saturated carbocycles. The summed E-state index contributed by atoms with van der Waals surface area (Å²) in [5, 5.41) is 6.40. The van der Waals surface area contributed by atoms with Crippen LogP contribution < -0.4 is 10.6 Å². The van der Waals surface area contributed by atoms with Crippen molar-refractivity contribution in [2.75, 3.05) is 25.0 Å². The first-order valence-corrected chi connectivity index (χ1v) is 7.84. The van der Waals surface area contributed by atoms with Gasteiger partial charge in [0.05, 0.1) is 23.8 Å². The second-order valence-electron chi connectivity index (χ2n) is 5.20. The van der Waals surface area contributed by atoms with Gasteiger partial charge in [-0.15, -0.1) is 0 Å². The lowest BCUT2D eigenvalue weighted by Crippen LogP contribution is -2.42. The highest BCUT2D eigenvalue weighted by molar-refractivity contribution is 6.35. The normalized spacial score (nSPS) is 10.9. The predicted molar refractivity (Wildman–Crippen MR) is 90.5 cm³/mol. The largest absolute Gasteiger partial charge is 0.353 e. The average molecular weight is 346 g/mol. The highest BCUT2D eigenvalue weighted by Gasteiger charge is 2.14. The molecule has 7 heteroatoms. The number of carbonyl (C=O) groups is 2. The van der Waals surface area contributed by atoms with E-state index in [0.29, 0.717) is 22.3 Å². The van der Waals surface area contributed by atoms with Crippen molar-refractivity contribution in [3.63, 3.8) is 0 Å². The molecule has 2 amide bonds. The fourth-order valence-corrected chi connectivity index (χ4v) is 2.17. The van der Waals surface area contributed by atoms with E-state index in [1.165, 1.54) is 0 Å². The third kappa shape index (κ3) is 6.64. The fourth-order valence-electron chi connectivity index (χ4n) is 1.84. The van der Waals surface area contributed by atoms with E-state index in [4.69, 9.17) is 23.2 Å². The van der Waals surface area contributed by atoms with Gasteiger partial charge in [0.1, 0.15) is 0 Å². The van der Waals surface area contributed by atoms with Crippen molar-refractivity contribution in [1.82, 2.24) is 10.2 Å². The minimum absolute atomic E-state index is 0.0744. The quantitative estimate of drug-likeness (QED) is 0.798. The Hall–Kier alpha value is -1.30. The van der Waals surface area contributed by atoms with Gasteiger partial charge in [0.25, 0.3) is 0 Å². The molecule has 0 aliphatic heterocycles. The number of nitrogens with zero attached hydrogens (tertiary/aromatic N) is 1. The Morgan fingerprint density at radius 3 is 2.41 bits per heavy atom. The number of halogens is 2. The van der Waals surface area contributed by atoms with Gasteiger partial charge in [-0.25, -0.2) is 0 Å². The first-order valence-electron chi connectivity index (χ1n) is 7.08. The van der Waals surface area contributed by atoms with Gasteiger partial charge in [-0.1, -0.05) is 30.1 Å². The molecule has 5 nitrogen and oxygen atoms in total. The number of hydrogen-bond donors (Lipinski definition) is 2. The van der Waals surface area contributed by atoms with Crippen molar-refractivity contribution < 1.29 is 9.59 Å². The first kappa shape index (κ1) is 18.7. The number of nitrogens with one attached hydrogen (secondary N) is 2. The number of benzene rings is 1. The smallest absolute Gasteiger partial charge is 0.238 e. The summed E-state index contributed by atoms with van der Waals surface area (Å²) in [5.41, 5.74) is 0.460. The Kier molecular flexibility index (Phi) is 7.65. The number of carbonyl (C=O) groups excluding carboxylic acids is 2. The number of likely N-dealkylation sites (N-methyl/N-ethyl adjacent to an activating group) is 1. The zero-order chi connectivity index (χ0) is 16.7. The lowest BCUT2D eigenvalue weighted by molar-refractivity contribution is -0.123. The monoisotopic (exact) mass is 345 g/mol. The van der Waals surface area contributed by atoms with E-state index in [1.54, 1.807) is 23.1 Å². The maximum absolute atomic E-state index is 12.1. The molecule has 0 radical (unpaired) electrons. The molecule has 0 aromatic heterocycles. The molecule has 0 atom stereocenters. The summed E-state index contributed by atoms with van der Waals surface area (Å²) in [5.74, 6) is -0.353. The van der Waals surface area contributed by atoms with Crippen LogP contribution in [0.5, 0.6) is 0 Å². The third-order valence-corrected chi connectivity index (χ3v) is 3.40. The zero-order valence-electron chi connectivity index (χ0n) is 13.0. The molecular formula is C15H21Cl2N3O2. The maximum Gasteiger partial charge on any atom is 0.238 e. The average Bonchev–Trinajstić information content (AvgIpc) is 2.41. The van der Waals surface area contributed by atoms with Crippen molar-refractivity contribution in [3.05, 3.63) is 28.2 Å². The predicted octanol–water partition coefficient (Wildman–Crippen LogP) is 2.78. The van der Waals surface area contributed by atoms with Gasteiger partial charge in [-0.2, -0.15) is 0 Å². The molecule has 1 rings (SSSR count). The molecule has 0 unspecified atom stereocenters. The molecule has 2 N–H and O–H groups in total. The van der Waals surface area contributed by atoms with Crippen LogP contribution in [0, 0.1) is 0 Å². The van der Waals surface area contributed by atoms with Crippen LogP contribution >= 0.6 is 23.2 Å². The van der Waals surface area contributed by atoms with Crippen LogP contribution in [-0.2, 0) is 9.59 Å². The molecule has 0 fully saturated rings. The number of amides is 2. The second-order valence-corrected chi connectivity index (χ2v) is 6.04. The van der Waals surface area contributed by atoms with E-state index >= 15 is 0 Å². The van der Waals surface area contributed by atoms with Crippen LogP contribution in [0.25, 0.3) is 0 Å². The van der Waals surface area contributed by atoms with Gasteiger partial charge >= 0.3 is 0 Å². The Bertz CT molecular complexity index is 536. The SMILES string of the molecule is CCN(CC(=O)Nc1cc(Cl)ccc1Cl)CC(=O)NC(C)C. The number of hydrogen-bond acceptors (Lipinski definition) is 3. The molecule has 22 heavy (non-hydrogen) atoms. The van der Waals surface area contributed by atoms with Crippen molar-refractivity contribution >= 4 is 40.7 Å². The van der Waals surface area contributed by atoms with Crippen molar-refractivity contribution in [2.45, 2.75) is 26.8 Å². The molecule has 0 heterocycles. The zero-order valence-corrected chi connectivity index (χ0v) is 14.5. The highest BCUT2D eigenvalue weighted by atomic mass is 35.5. The Balaban J connectivity index is 2.58. The lowest BCUT2D eigenvalue weighted by Gasteiger charge is -2.20. The Morgan fingerprint density at radius 2 is 1.82 bits per heavy atom. The van der Waals surface area contributed by atoms with Crippen LogP contribution in [0.15, 0.2) is 18.2 Å². The fraction of sp³-hybridized carbons (Fsp3) is 0.467. The molecule has 0 aliphatic carbocycles. The van der Waals surface area contributed by atoms with E-state index in [-0.39, 0.29) is 30.9 Å². The van der Waals surface area contributed by atoms with E-state index in [2.05, 4.69) is 10.6 Å². The molecule has 1 aromatic carbocycles. The summed E-state index contributed by atoms with van der Waals surface area (Å²) < 4.78 is 0. The molecule has 122 valence electrons. The molecule has 0 spiro atoms. The summed E-state index contributed by atoms with van der Waals surface area (Å²) in [7, 11) is 0. The highest BCUT2D eigenvalue weighted by Crippen LogP contribution is 2.25. The van der Waals surface area contributed by atoms with Crippen molar-refractivity contribution in [2.24, 2.45) is 0 Å². The van der Waals surface area contributed by atoms with E-state index < -0.39 is 0 Å². The minimum atomic E-state index is -0.247. The molecule has 1 aromatic rings. The van der Waals surface area contributed by atoms with Crippen LogP contribution in [-0.4, -0.2) is 42.4 Å². The standard InChI is InChI=1S/C15H21Cl2N3O2/c1-4-20(8-14(21)18-10(2)3)9-15(22)19-13-7-11(16)5-6-12(13)17/h5-7,10H,4,8-9H2,1-3H3,(H,18,21)(H,19,22). The first-order chi connectivity index (χ1) is 10.3. The van der Waals surface area contributed by atoms with Gasteiger partial charge in [0.2, 0.25) is 11.8 Å². The topological polar surface area (TPSA) is 61.4 Å². The van der Waals surface area contributed by atoms with Crippen molar-refractivity contribution in [1.29, 1.82) is 0 Å². The molecule has 0 aliphatic rings. The van der Waals surface area contributed by atoms with Crippen LogP contribution in [0.3, 0.4) is 0 Å². The second kappa shape index (κ2) is 8.98. The van der Waals surface area contributed by atoms with Gasteiger partial charge in [0, 0.05) is 11.1 Å². The maximum atomic E-state index is 12.1. The van der Waals surface area contributed by atoms with Gasteiger partial charge in [-0.05, 0) is 38.6 Å². The lowest BCUT2D eigenvalue weighted by atomic mass is 10.3. The summed E-state index contributed by atoms with van der Waals surface area (Å²) >= 11 is 11.9. The van der Waals surface area contributed by atoms with Crippen molar-refractivity contribution in [3.8, 4) is 0 Å². The molecule has 0 bridgehead atoms. The summed E-state index contributed by atoms with van der Waals surface area (Å²) in [4.78, 5) is 25.5. The third-order valence-electron chi connectivity index (χ3n) is 2.83.